The number of nitrogens with one attached hydrogen (secondary N) is 2. The van der Waals surface area contributed by atoms with Gasteiger partial charge in [-0.25, -0.2) is 15.0 Å². The van der Waals surface area contributed by atoms with Gasteiger partial charge in [-0.3, -0.25) is 25.6 Å². The molecule has 1 saturated heterocycles. The van der Waals surface area contributed by atoms with Gasteiger partial charge in [0, 0.05) is 25.7 Å². The van der Waals surface area contributed by atoms with Crippen LogP contribution in [0.25, 0.3) is 0 Å². The van der Waals surface area contributed by atoms with Gasteiger partial charge in [0.2, 0.25) is 18.1 Å². The van der Waals surface area contributed by atoms with Gasteiger partial charge >= 0.3 is 0 Å². The number of hydroxylamine groups is 2. The van der Waals surface area contributed by atoms with Crippen LogP contribution in [0.5, 0.6) is 0 Å². The van der Waals surface area contributed by atoms with Crippen molar-refractivity contribution in [3.8, 4) is 0 Å². The molecule has 32 heavy (non-hydrogen) atoms. The zero-order valence-electron chi connectivity index (χ0n) is 19.1. The third-order valence-electron chi connectivity index (χ3n) is 6.34. The molecule has 0 aromatic carbocycles. The minimum atomic E-state index is -0.628. The number of hydrogen-bond acceptors (Lipinski definition) is 8. The van der Waals surface area contributed by atoms with E-state index in [0.717, 1.165) is 38.8 Å². The summed E-state index contributed by atoms with van der Waals surface area (Å²) in [5.74, 6) is -0.825. The maximum atomic E-state index is 15.3. The number of aryl methyl sites for hydroxylation is 1. The molecular formula is C21H34FN7O3. The van der Waals surface area contributed by atoms with Crippen LogP contribution in [0.4, 0.5) is 16.0 Å². The molecule has 1 aromatic heterocycles. The number of halogens is 1. The molecule has 2 amide bonds. The molecule has 1 aliphatic heterocycles. The van der Waals surface area contributed by atoms with E-state index in [0.29, 0.717) is 29.8 Å². The molecule has 1 aliphatic carbocycles. The van der Waals surface area contributed by atoms with Crippen LogP contribution in [0.2, 0.25) is 0 Å². The van der Waals surface area contributed by atoms with Crippen LogP contribution in [0.15, 0.2) is 0 Å². The van der Waals surface area contributed by atoms with Crippen molar-refractivity contribution < 1.29 is 19.2 Å². The molecule has 3 rings (SSSR count). The Morgan fingerprint density at radius 2 is 2.06 bits per heavy atom. The Morgan fingerprint density at radius 1 is 1.34 bits per heavy atom. The van der Waals surface area contributed by atoms with Gasteiger partial charge in [-0.05, 0) is 33.2 Å². The molecule has 0 spiro atoms. The first-order valence-corrected chi connectivity index (χ1v) is 11.2. The molecule has 0 radical (unpaired) electrons. The van der Waals surface area contributed by atoms with E-state index >= 15 is 4.39 Å². The molecular weight excluding hydrogens is 417 g/mol. The van der Waals surface area contributed by atoms with Crippen molar-refractivity contribution in [1.29, 1.82) is 0 Å². The van der Waals surface area contributed by atoms with Gasteiger partial charge in [0.15, 0.2) is 11.6 Å². The highest BCUT2D eigenvalue weighted by atomic mass is 19.1. The Morgan fingerprint density at radius 3 is 2.72 bits per heavy atom. The van der Waals surface area contributed by atoms with Crippen molar-refractivity contribution in [2.24, 2.45) is 11.8 Å². The Bertz CT molecular complexity index is 806. The minimum Gasteiger partial charge on any atom is -0.349 e. The first-order chi connectivity index (χ1) is 15.3. The van der Waals surface area contributed by atoms with Crippen molar-refractivity contribution in [2.45, 2.75) is 52.0 Å². The Labute approximate surface area is 188 Å². The summed E-state index contributed by atoms with van der Waals surface area (Å²) < 4.78 is 15.3. The summed E-state index contributed by atoms with van der Waals surface area (Å²) in [6.07, 6.45) is 5.11. The second kappa shape index (κ2) is 10.9. The molecule has 178 valence electrons. The fourth-order valence-corrected chi connectivity index (χ4v) is 4.68. The monoisotopic (exact) mass is 451 g/mol. The summed E-state index contributed by atoms with van der Waals surface area (Å²) in [6.45, 7) is 5.79. The van der Waals surface area contributed by atoms with Crippen LogP contribution in [-0.2, 0) is 9.59 Å². The van der Waals surface area contributed by atoms with Gasteiger partial charge in [-0.1, -0.05) is 25.7 Å². The summed E-state index contributed by atoms with van der Waals surface area (Å²) in [4.78, 5) is 36.2. The summed E-state index contributed by atoms with van der Waals surface area (Å²) in [5, 5.41) is 10.1. The predicted octanol–water partition coefficient (Wildman–Crippen LogP) is 1.55. The highest BCUT2D eigenvalue weighted by molar-refractivity contribution is 5.80. The van der Waals surface area contributed by atoms with E-state index in [1.807, 2.05) is 18.9 Å². The topological polar surface area (TPSA) is 114 Å². The Kier molecular flexibility index (Phi) is 8.19. The van der Waals surface area contributed by atoms with Crippen LogP contribution >= 0.6 is 0 Å². The zero-order valence-corrected chi connectivity index (χ0v) is 19.1. The second-order valence-electron chi connectivity index (χ2n) is 8.99. The predicted molar refractivity (Wildman–Crippen MR) is 117 cm³/mol. The number of hydrogen-bond donors (Lipinski definition) is 3. The van der Waals surface area contributed by atoms with Crippen LogP contribution in [0, 0.1) is 24.6 Å². The number of carbonyl (C=O) groups is 2. The van der Waals surface area contributed by atoms with E-state index in [2.05, 4.69) is 25.7 Å². The van der Waals surface area contributed by atoms with Crippen LogP contribution in [-0.4, -0.2) is 76.7 Å². The van der Waals surface area contributed by atoms with Gasteiger partial charge in [0.25, 0.3) is 0 Å². The third kappa shape index (κ3) is 6.04. The lowest BCUT2D eigenvalue weighted by Crippen LogP contribution is -2.51. The lowest BCUT2D eigenvalue weighted by atomic mass is 9.92. The average molecular weight is 452 g/mol. The number of amides is 2. The van der Waals surface area contributed by atoms with Crippen molar-refractivity contribution in [3.63, 3.8) is 0 Å². The van der Waals surface area contributed by atoms with E-state index in [-0.39, 0.29) is 30.6 Å². The maximum Gasteiger partial charge on any atom is 0.243 e. The largest absolute Gasteiger partial charge is 0.349 e. The third-order valence-corrected chi connectivity index (χ3v) is 6.34. The zero-order chi connectivity index (χ0) is 23.3. The maximum absolute atomic E-state index is 15.3. The van der Waals surface area contributed by atoms with Crippen LogP contribution in [0.1, 0.15) is 44.9 Å². The lowest BCUT2D eigenvalue weighted by molar-refractivity contribution is -0.154. The van der Waals surface area contributed by atoms with E-state index in [1.165, 1.54) is 0 Å². The summed E-state index contributed by atoms with van der Waals surface area (Å²) >= 11 is 0. The highest BCUT2D eigenvalue weighted by Gasteiger charge is 2.29. The molecule has 2 atom stereocenters. The standard InChI is InChI=1S/C21H34FN7O3/c1-14-11-27(3)8-9-29(14)20-18(22)19(23-15(2)24-20)25-26-21(31)17(12-28(32)13-30)10-16-6-4-5-7-16/h13-14,16-17,32H,4-12H2,1-3H3,(H,26,31)(H,23,24,25)/t14-,17+/m1/s1. The summed E-state index contributed by atoms with van der Waals surface area (Å²) in [6, 6.07) is 0.0784. The second-order valence-corrected chi connectivity index (χ2v) is 8.99. The molecule has 2 aliphatic rings. The van der Waals surface area contributed by atoms with Gasteiger partial charge < -0.3 is 9.80 Å². The molecule has 2 fully saturated rings. The number of piperazine rings is 1. The number of nitrogens with zero attached hydrogens (tertiary/aromatic N) is 5. The molecule has 2 heterocycles. The Balaban J connectivity index is 1.70. The van der Waals surface area contributed by atoms with Crippen molar-refractivity contribution in [2.75, 3.05) is 43.6 Å². The van der Waals surface area contributed by atoms with E-state index < -0.39 is 17.6 Å². The first kappa shape index (κ1) is 24.1. The molecule has 11 heteroatoms. The minimum absolute atomic E-state index is 0.0784. The number of likely N-dealkylation sites (N-methyl/N-ethyl adjacent to an activating group) is 1. The molecule has 0 bridgehead atoms. The Hall–Kier alpha value is -2.53. The van der Waals surface area contributed by atoms with E-state index in [9.17, 15) is 14.8 Å². The van der Waals surface area contributed by atoms with Crippen molar-refractivity contribution in [3.05, 3.63) is 11.6 Å². The molecule has 1 aromatic rings. The van der Waals surface area contributed by atoms with Crippen molar-refractivity contribution >= 4 is 24.0 Å². The van der Waals surface area contributed by atoms with E-state index in [1.54, 1.807) is 6.92 Å². The molecule has 0 unspecified atom stereocenters. The number of hydrazine groups is 1. The smallest absolute Gasteiger partial charge is 0.243 e. The van der Waals surface area contributed by atoms with Gasteiger partial charge in [-0.2, -0.15) is 4.39 Å². The van der Waals surface area contributed by atoms with Crippen molar-refractivity contribution in [1.82, 2.24) is 25.4 Å². The number of carbonyl (C=O) groups excluding carboxylic acids is 2. The average Bonchev–Trinajstić information content (AvgIpc) is 3.26. The van der Waals surface area contributed by atoms with Gasteiger partial charge in [0.1, 0.15) is 5.82 Å². The SMILES string of the molecule is Cc1nc(NNC(=O)[C@@H](CC2CCCC2)CN(O)C=O)c(F)c(N2CCN(C)C[C@H]2C)n1. The quantitative estimate of drug-likeness (QED) is 0.294. The summed E-state index contributed by atoms with van der Waals surface area (Å²) in [7, 11) is 2.03. The van der Waals surface area contributed by atoms with Gasteiger partial charge in [0.05, 0.1) is 12.5 Å². The fourth-order valence-electron chi connectivity index (χ4n) is 4.68. The first-order valence-electron chi connectivity index (χ1n) is 11.2. The summed E-state index contributed by atoms with van der Waals surface area (Å²) in [5.41, 5.74) is 5.12. The lowest BCUT2D eigenvalue weighted by Gasteiger charge is -2.39. The fraction of sp³-hybridized carbons (Fsp3) is 0.714. The number of anilines is 2. The number of aromatic nitrogens is 2. The van der Waals surface area contributed by atoms with Gasteiger partial charge in [-0.15, -0.1) is 0 Å². The highest BCUT2D eigenvalue weighted by Crippen LogP contribution is 2.31. The normalized spacial score (nSPS) is 20.8. The molecule has 3 N–H and O–H groups in total. The van der Waals surface area contributed by atoms with E-state index in [4.69, 9.17) is 0 Å². The number of rotatable bonds is 9. The molecule has 1 saturated carbocycles. The van der Waals surface area contributed by atoms with Crippen LogP contribution in [0.3, 0.4) is 0 Å². The van der Waals surface area contributed by atoms with Crippen LogP contribution < -0.4 is 15.8 Å². The molecule has 10 nitrogen and oxygen atoms in total.